The van der Waals surface area contributed by atoms with Gasteiger partial charge in [0.1, 0.15) is 5.56 Å². The van der Waals surface area contributed by atoms with Crippen LogP contribution in [0, 0.1) is 11.8 Å². The molecule has 1 saturated heterocycles. The number of hydrogen-bond acceptors (Lipinski definition) is 5. The molecule has 0 saturated carbocycles. The minimum Gasteiger partial charge on any atom is -0.478 e. The smallest absolute Gasteiger partial charge is 0.339 e. The van der Waals surface area contributed by atoms with Gasteiger partial charge in [-0.1, -0.05) is 39.5 Å². The fourth-order valence-electron chi connectivity index (χ4n) is 5.35. The maximum atomic E-state index is 12.6. The highest BCUT2D eigenvalue weighted by Gasteiger charge is 2.31. The van der Waals surface area contributed by atoms with Gasteiger partial charge in [0.25, 0.3) is 0 Å². The number of nitrogens with one attached hydrogen (secondary N) is 1. The lowest BCUT2D eigenvalue weighted by atomic mass is 9.84. The van der Waals surface area contributed by atoms with E-state index in [2.05, 4.69) is 62.0 Å². The molecule has 4 rings (SSSR count). The number of nitrogens with zero attached hydrogens (tertiary/aromatic N) is 2. The van der Waals surface area contributed by atoms with Crippen molar-refractivity contribution in [3.05, 3.63) is 53.7 Å². The zero-order valence-electron chi connectivity index (χ0n) is 21.1. The topological polar surface area (TPSA) is 85.2 Å². The van der Waals surface area contributed by atoms with Crippen molar-refractivity contribution in [3.63, 3.8) is 0 Å². The third-order valence-corrected chi connectivity index (χ3v) is 7.62. The number of aliphatic imine (C=N–C) groups is 1. The van der Waals surface area contributed by atoms with Crippen LogP contribution in [0.2, 0.25) is 0 Å². The standard InChI is InChI=1S/C29H37N3O3/c1-5-18(4)26-23(21-8-9-22-12-19(6-2)15-31-24(22)13-21)14-25(32-11-10-20(16-32)17-33)27(29(34)35)28(26)30-7-3/h7-9,13-15,18-20,30,33H,3,5-6,10-12,16-17H2,1-2,4H3,(H,34,35)/t18?,19?,20-/m0/s1. The lowest BCUT2D eigenvalue weighted by molar-refractivity contribution is 0.0698. The van der Waals surface area contributed by atoms with E-state index in [-0.39, 0.29) is 24.0 Å². The number of aliphatic hydroxyl groups is 1. The van der Waals surface area contributed by atoms with Gasteiger partial charge in [-0.3, -0.25) is 4.99 Å². The molecule has 0 bridgehead atoms. The number of carboxylic acids is 1. The van der Waals surface area contributed by atoms with Gasteiger partial charge in [-0.15, -0.1) is 0 Å². The van der Waals surface area contributed by atoms with Gasteiger partial charge in [0, 0.05) is 31.8 Å². The molecule has 2 unspecified atom stereocenters. The van der Waals surface area contributed by atoms with Crippen molar-refractivity contribution in [1.29, 1.82) is 0 Å². The Balaban J connectivity index is 1.95. The molecule has 186 valence electrons. The summed E-state index contributed by atoms with van der Waals surface area (Å²) in [5, 5.41) is 23.2. The molecule has 6 heteroatoms. The molecule has 2 aliphatic rings. The van der Waals surface area contributed by atoms with Crippen LogP contribution in [-0.2, 0) is 6.42 Å². The predicted octanol–water partition coefficient (Wildman–Crippen LogP) is 6.22. The van der Waals surface area contributed by atoms with E-state index in [4.69, 9.17) is 4.99 Å². The Morgan fingerprint density at radius 2 is 2.14 bits per heavy atom. The summed E-state index contributed by atoms with van der Waals surface area (Å²) in [7, 11) is 0. The van der Waals surface area contributed by atoms with Crippen LogP contribution >= 0.6 is 0 Å². The molecular formula is C29H37N3O3. The van der Waals surface area contributed by atoms with Crippen molar-refractivity contribution in [2.45, 2.75) is 52.4 Å². The van der Waals surface area contributed by atoms with Gasteiger partial charge in [0.15, 0.2) is 0 Å². The molecule has 2 heterocycles. The maximum absolute atomic E-state index is 12.6. The van der Waals surface area contributed by atoms with Crippen molar-refractivity contribution >= 4 is 29.2 Å². The van der Waals surface area contributed by atoms with Crippen molar-refractivity contribution in [1.82, 2.24) is 0 Å². The average molecular weight is 476 g/mol. The second-order valence-electron chi connectivity index (χ2n) is 9.85. The van der Waals surface area contributed by atoms with Crippen molar-refractivity contribution in [3.8, 4) is 11.1 Å². The van der Waals surface area contributed by atoms with Crippen molar-refractivity contribution < 1.29 is 15.0 Å². The monoisotopic (exact) mass is 475 g/mol. The summed E-state index contributed by atoms with van der Waals surface area (Å²) in [6.07, 6.45) is 7.40. The van der Waals surface area contributed by atoms with Crippen LogP contribution in [-0.4, -0.2) is 42.1 Å². The molecule has 2 aliphatic heterocycles. The third kappa shape index (κ3) is 4.85. The summed E-state index contributed by atoms with van der Waals surface area (Å²) < 4.78 is 0. The second-order valence-corrected chi connectivity index (χ2v) is 9.85. The molecule has 6 nitrogen and oxygen atoms in total. The van der Waals surface area contributed by atoms with Crippen LogP contribution in [0.5, 0.6) is 0 Å². The fraction of sp³-hybridized carbons (Fsp3) is 0.448. The minimum atomic E-state index is -0.964. The van der Waals surface area contributed by atoms with Gasteiger partial charge in [-0.05, 0) is 78.1 Å². The summed E-state index contributed by atoms with van der Waals surface area (Å²) in [4.78, 5) is 19.5. The predicted molar refractivity (Wildman–Crippen MR) is 144 cm³/mol. The largest absolute Gasteiger partial charge is 0.478 e. The Bertz CT molecular complexity index is 1140. The SMILES string of the molecule is C=CNc1c(C(=O)O)c(N2CC[C@H](CO)C2)cc(-c2ccc3c(c2)N=CC(CC)C3)c1C(C)CC. The van der Waals surface area contributed by atoms with Crippen LogP contribution in [0.3, 0.4) is 0 Å². The van der Waals surface area contributed by atoms with Crippen LogP contribution in [0.25, 0.3) is 11.1 Å². The van der Waals surface area contributed by atoms with Crippen molar-refractivity contribution in [2.75, 3.05) is 29.9 Å². The highest BCUT2D eigenvalue weighted by molar-refractivity contribution is 6.04. The number of anilines is 2. The molecular weight excluding hydrogens is 438 g/mol. The number of benzene rings is 2. The van der Waals surface area contributed by atoms with Gasteiger partial charge in [0.2, 0.25) is 0 Å². The number of hydrogen-bond donors (Lipinski definition) is 3. The molecule has 1 fully saturated rings. The average Bonchev–Trinajstić information content (AvgIpc) is 3.36. The molecule has 2 aromatic carbocycles. The highest BCUT2D eigenvalue weighted by atomic mass is 16.4. The summed E-state index contributed by atoms with van der Waals surface area (Å²) in [6.45, 7) is 11.7. The normalized spacial score (nSPS) is 19.9. The van der Waals surface area contributed by atoms with Crippen LogP contribution in [0.1, 0.15) is 67.4 Å². The molecule has 0 spiro atoms. The van der Waals surface area contributed by atoms with E-state index >= 15 is 0 Å². The maximum Gasteiger partial charge on any atom is 0.339 e. The Kier molecular flexibility index (Phi) is 7.60. The van der Waals surface area contributed by atoms with Crippen LogP contribution in [0.4, 0.5) is 17.1 Å². The van der Waals surface area contributed by atoms with Gasteiger partial charge < -0.3 is 20.4 Å². The van der Waals surface area contributed by atoms with E-state index in [9.17, 15) is 15.0 Å². The fourth-order valence-corrected chi connectivity index (χ4v) is 5.35. The number of rotatable bonds is 9. The molecule has 0 aromatic heterocycles. The number of aromatic carboxylic acids is 1. The van der Waals surface area contributed by atoms with Gasteiger partial charge >= 0.3 is 5.97 Å². The Hall–Kier alpha value is -3.12. The van der Waals surface area contributed by atoms with Gasteiger partial charge in [-0.2, -0.15) is 0 Å². The first kappa shape index (κ1) is 25.0. The molecule has 3 N–H and O–H groups in total. The Morgan fingerprint density at radius 3 is 2.77 bits per heavy atom. The summed E-state index contributed by atoms with van der Waals surface area (Å²) in [6, 6.07) is 8.51. The van der Waals surface area contributed by atoms with Gasteiger partial charge in [-0.25, -0.2) is 4.79 Å². The third-order valence-electron chi connectivity index (χ3n) is 7.62. The zero-order valence-corrected chi connectivity index (χ0v) is 21.1. The second kappa shape index (κ2) is 10.6. The van der Waals surface area contributed by atoms with Crippen LogP contribution in [0.15, 0.2) is 42.0 Å². The summed E-state index contributed by atoms with van der Waals surface area (Å²) >= 11 is 0. The summed E-state index contributed by atoms with van der Waals surface area (Å²) in [5.41, 5.74) is 6.85. The first-order chi connectivity index (χ1) is 16.9. The molecule has 3 atom stereocenters. The quantitative estimate of drug-likeness (QED) is 0.401. The first-order valence-corrected chi connectivity index (χ1v) is 12.8. The van der Waals surface area contributed by atoms with E-state index < -0.39 is 5.97 Å². The minimum absolute atomic E-state index is 0.107. The van der Waals surface area contributed by atoms with E-state index in [0.717, 1.165) is 48.1 Å². The molecule has 2 aromatic rings. The van der Waals surface area contributed by atoms with E-state index in [1.54, 1.807) is 6.20 Å². The zero-order chi connectivity index (χ0) is 25.1. The number of carbonyl (C=O) groups is 1. The van der Waals surface area contributed by atoms with Crippen LogP contribution < -0.4 is 10.2 Å². The highest BCUT2D eigenvalue weighted by Crippen LogP contribution is 2.45. The van der Waals surface area contributed by atoms with E-state index in [1.165, 1.54) is 5.56 Å². The van der Waals surface area contributed by atoms with E-state index in [0.29, 0.717) is 30.4 Å². The molecule has 0 aliphatic carbocycles. The summed E-state index contributed by atoms with van der Waals surface area (Å²) in [5.74, 6) is -0.209. The van der Waals surface area contributed by atoms with E-state index in [1.807, 2.05) is 6.07 Å². The molecule has 0 radical (unpaired) electrons. The molecule has 0 amide bonds. The Labute approximate surface area is 208 Å². The lowest BCUT2D eigenvalue weighted by Crippen LogP contribution is -2.24. The number of aliphatic hydroxyl groups excluding tert-OH is 1. The van der Waals surface area contributed by atoms with Gasteiger partial charge in [0.05, 0.1) is 17.1 Å². The first-order valence-electron chi connectivity index (χ1n) is 12.8. The lowest BCUT2D eigenvalue weighted by Gasteiger charge is -2.28. The molecule has 35 heavy (non-hydrogen) atoms. The van der Waals surface area contributed by atoms with Crippen molar-refractivity contribution in [2.24, 2.45) is 16.8 Å². The Morgan fingerprint density at radius 1 is 1.34 bits per heavy atom. The number of fused-ring (bicyclic) bond motifs is 1. The number of carboxylic acid groups (broad SMARTS) is 1.